The lowest BCUT2D eigenvalue weighted by Crippen LogP contribution is -2.45. The van der Waals surface area contributed by atoms with Crippen LogP contribution >= 0.6 is 0 Å². The summed E-state index contributed by atoms with van der Waals surface area (Å²) >= 11 is 0. The summed E-state index contributed by atoms with van der Waals surface area (Å²) in [6, 6.07) is 0. The molecule has 1 heterocycles. The fourth-order valence-corrected chi connectivity index (χ4v) is 1.46. The zero-order valence-corrected chi connectivity index (χ0v) is 7.13. The molecule has 3 nitrogen and oxygen atoms in total. The largest absolute Gasteiger partial charge is 0.377 e. The molecule has 3 heteroatoms. The summed E-state index contributed by atoms with van der Waals surface area (Å²) in [5.74, 6) is 0. The van der Waals surface area contributed by atoms with E-state index >= 15 is 0 Å². The van der Waals surface area contributed by atoms with E-state index in [1.165, 1.54) is 0 Å². The van der Waals surface area contributed by atoms with Crippen molar-refractivity contribution in [2.75, 3.05) is 20.2 Å². The Balaban J connectivity index is 2.53. The average molecular weight is 154 g/mol. The number of hydrogen-bond donors (Lipinski definition) is 0. The number of hydrogen-bond acceptors (Lipinski definition) is 3. The molecule has 1 rings (SSSR count). The number of nitriles is 1. The van der Waals surface area contributed by atoms with Crippen molar-refractivity contribution in [3.63, 3.8) is 0 Å². The van der Waals surface area contributed by atoms with Crippen LogP contribution in [0.25, 0.3) is 0 Å². The maximum atomic E-state index is 8.64. The van der Waals surface area contributed by atoms with Crippen molar-refractivity contribution in [1.29, 1.82) is 5.26 Å². The molecule has 1 aliphatic heterocycles. The average Bonchev–Trinajstić information content (AvgIpc) is 2.05. The molecule has 0 aromatic carbocycles. The monoisotopic (exact) mass is 154 g/mol. The highest BCUT2D eigenvalue weighted by atomic mass is 16.5. The SMILES string of the molecule is COC1(C)CCCN(C#N)C1. The number of ether oxygens (including phenoxy) is 1. The Kier molecular flexibility index (Phi) is 2.35. The Bertz CT molecular complexity index is 175. The molecule has 0 amide bonds. The van der Waals surface area contributed by atoms with Crippen LogP contribution in [0.2, 0.25) is 0 Å². The molecule has 1 atom stereocenters. The van der Waals surface area contributed by atoms with Gasteiger partial charge in [-0.3, -0.25) is 0 Å². The number of nitrogens with zero attached hydrogens (tertiary/aromatic N) is 2. The van der Waals surface area contributed by atoms with Gasteiger partial charge in [0.15, 0.2) is 6.19 Å². The van der Waals surface area contributed by atoms with Gasteiger partial charge in [-0.2, -0.15) is 5.26 Å². The van der Waals surface area contributed by atoms with E-state index in [9.17, 15) is 0 Å². The Hall–Kier alpha value is -0.750. The molecule has 0 aromatic rings. The number of rotatable bonds is 1. The van der Waals surface area contributed by atoms with E-state index in [1.54, 1.807) is 12.0 Å². The highest BCUT2D eigenvalue weighted by Crippen LogP contribution is 2.22. The van der Waals surface area contributed by atoms with Gasteiger partial charge in [-0.05, 0) is 19.8 Å². The third-order valence-corrected chi connectivity index (χ3v) is 2.29. The first-order valence-electron chi connectivity index (χ1n) is 3.90. The molecule has 0 aromatic heterocycles. The van der Waals surface area contributed by atoms with Crippen LogP contribution in [0, 0.1) is 11.5 Å². The minimum absolute atomic E-state index is 0.103. The zero-order valence-electron chi connectivity index (χ0n) is 7.13. The molecule has 0 radical (unpaired) electrons. The summed E-state index contributed by atoms with van der Waals surface area (Å²) in [6.45, 7) is 3.67. The number of likely N-dealkylation sites (tertiary alicyclic amines) is 1. The van der Waals surface area contributed by atoms with Gasteiger partial charge in [0, 0.05) is 13.7 Å². The molecule has 62 valence electrons. The first-order valence-corrected chi connectivity index (χ1v) is 3.90. The van der Waals surface area contributed by atoms with Crippen LogP contribution in [0.3, 0.4) is 0 Å². The van der Waals surface area contributed by atoms with Crippen LogP contribution in [0.1, 0.15) is 19.8 Å². The van der Waals surface area contributed by atoms with E-state index in [4.69, 9.17) is 10.00 Å². The van der Waals surface area contributed by atoms with Crippen LogP contribution in [-0.4, -0.2) is 30.7 Å². The molecule has 0 aliphatic carbocycles. The smallest absolute Gasteiger partial charge is 0.179 e. The lowest BCUT2D eigenvalue weighted by atomic mass is 9.95. The van der Waals surface area contributed by atoms with Crippen molar-refractivity contribution in [1.82, 2.24) is 4.90 Å². The normalized spacial score (nSPS) is 31.5. The Morgan fingerprint density at radius 3 is 2.91 bits per heavy atom. The standard InChI is InChI=1S/C8H14N2O/c1-8(11-2)4-3-5-10(6-8)7-9/h3-6H2,1-2H3. The minimum Gasteiger partial charge on any atom is -0.377 e. The first kappa shape index (κ1) is 8.35. The van der Waals surface area contributed by atoms with E-state index in [2.05, 4.69) is 13.1 Å². The van der Waals surface area contributed by atoms with Gasteiger partial charge >= 0.3 is 0 Å². The van der Waals surface area contributed by atoms with Gasteiger partial charge in [0.2, 0.25) is 0 Å². The van der Waals surface area contributed by atoms with Gasteiger partial charge in [0.05, 0.1) is 12.1 Å². The van der Waals surface area contributed by atoms with Crippen molar-refractivity contribution in [2.24, 2.45) is 0 Å². The topological polar surface area (TPSA) is 36.3 Å². The van der Waals surface area contributed by atoms with Gasteiger partial charge in [0.25, 0.3) is 0 Å². The maximum absolute atomic E-state index is 8.64. The molecule has 0 spiro atoms. The van der Waals surface area contributed by atoms with Gasteiger partial charge in [-0.1, -0.05) is 0 Å². The van der Waals surface area contributed by atoms with Crippen LogP contribution in [0.4, 0.5) is 0 Å². The van der Waals surface area contributed by atoms with Crippen molar-refractivity contribution in [2.45, 2.75) is 25.4 Å². The Morgan fingerprint density at radius 1 is 1.64 bits per heavy atom. The lowest BCUT2D eigenvalue weighted by Gasteiger charge is -2.36. The van der Waals surface area contributed by atoms with Crippen LogP contribution in [-0.2, 0) is 4.74 Å². The predicted octanol–water partition coefficient (Wildman–Crippen LogP) is 0.968. The molecule has 11 heavy (non-hydrogen) atoms. The second-order valence-corrected chi connectivity index (χ2v) is 3.28. The van der Waals surface area contributed by atoms with Crippen molar-refractivity contribution < 1.29 is 4.74 Å². The van der Waals surface area contributed by atoms with E-state index in [0.717, 1.165) is 25.9 Å². The fraction of sp³-hybridized carbons (Fsp3) is 0.875. The van der Waals surface area contributed by atoms with Crippen molar-refractivity contribution in [3.8, 4) is 6.19 Å². The summed E-state index contributed by atoms with van der Waals surface area (Å²) < 4.78 is 5.32. The van der Waals surface area contributed by atoms with E-state index in [0.29, 0.717) is 0 Å². The van der Waals surface area contributed by atoms with Crippen molar-refractivity contribution in [3.05, 3.63) is 0 Å². The fourth-order valence-electron chi connectivity index (χ4n) is 1.46. The Morgan fingerprint density at radius 2 is 2.36 bits per heavy atom. The van der Waals surface area contributed by atoms with Gasteiger partial charge in [-0.15, -0.1) is 0 Å². The highest BCUT2D eigenvalue weighted by Gasteiger charge is 2.30. The zero-order chi connectivity index (χ0) is 8.32. The van der Waals surface area contributed by atoms with Crippen molar-refractivity contribution >= 4 is 0 Å². The second kappa shape index (κ2) is 3.10. The second-order valence-electron chi connectivity index (χ2n) is 3.28. The van der Waals surface area contributed by atoms with Crippen LogP contribution in [0.15, 0.2) is 0 Å². The minimum atomic E-state index is -0.103. The Labute approximate surface area is 67.6 Å². The lowest BCUT2D eigenvalue weighted by molar-refractivity contribution is -0.0376. The van der Waals surface area contributed by atoms with E-state index in [-0.39, 0.29) is 5.60 Å². The number of methoxy groups -OCH3 is 1. The summed E-state index contributed by atoms with van der Waals surface area (Å²) in [7, 11) is 1.71. The van der Waals surface area contributed by atoms with Gasteiger partial charge in [0.1, 0.15) is 0 Å². The molecule has 1 aliphatic rings. The molecule has 0 N–H and O–H groups in total. The van der Waals surface area contributed by atoms with Gasteiger partial charge < -0.3 is 9.64 Å². The molecule has 0 bridgehead atoms. The number of piperidine rings is 1. The quantitative estimate of drug-likeness (QED) is 0.528. The molecule has 1 fully saturated rings. The summed E-state index contributed by atoms with van der Waals surface area (Å²) in [5.41, 5.74) is -0.103. The summed E-state index contributed by atoms with van der Waals surface area (Å²) in [5, 5.41) is 8.64. The van der Waals surface area contributed by atoms with E-state index in [1.807, 2.05) is 0 Å². The maximum Gasteiger partial charge on any atom is 0.179 e. The van der Waals surface area contributed by atoms with Crippen LogP contribution in [0.5, 0.6) is 0 Å². The van der Waals surface area contributed by atoms with Crippen LogP contribution < -0.4 is 0 Å². The third-order valence-electron chi connectivity index (χ3n) is 2.29. The third kappa shape index (κ3) is 1.84. The molecular formula is C8H14N2O. The predicted molar refractivity (Wildman–Crippen MR) is 41.8 cm³/mol. The molecule has 0 saturated carbocycles. The summed E-state index contributed by atoms with van der Waals surface area (Å²) in [4.78, 5) is 1.76. The van der Waals surface area contributed by atoms with E-state index < -0.39 is 0 Å². The highest BCUT2D eigenvalue weighted by molar-refractivity contribution is 4.89. The molecule has 1 unspecified atom stereocenters. The molecule has 1 saturated heterocycles. The first-order chi connectivity index (χ1) is 5.20. The summed E-state index contributed by atoms with van der Waals surface area (Å²) in [6.07, 6.45) is 4.26. The molecular weight excluding hydrogens is 140 g/mol. The van der Waals surface area contributed by atoms with Gasteiger partial charge in [-0.25, -0.2) is 0 Å².